The molecule has 0 aromatic heterocycles. The second-order valence-corrected chi connectivity index (χ2v) is 9.90. The average Bonchev–Trinajstić information content (AvgIpc) is 3.34. The standard InChI is InChI=1S/C25H28F3N3O3/c1-24(2,3)34-22(32)20-13-18-12-19(20)21(29-18)14-5-4-6-17(11-14)31-23(33)30-16-9-7-15(8-10-16)25(26,27)28/h4-11,18-21,29H,12-13H2,1-3H3,(H2,30,31,33)/t18-,19-,20?,21-/m1/s1. The van der Waals surface area contributed by atoms with Crippen LogP contribution >= 0.6 is 0 Å². The van der Waals surface area contributed by atoms with Gasteiger partial charge in [-0.15, -0.1) is 0 Å². The van der Waals surface area contributed by atoms with Gasteiger partial charge in [0.1, 0.15) is 5.60 Å². The highest BCUT2D eigenvalue weighted by Gasteiger charge is 2.50. The van der Waals surface area contributed by atoms with Crippen molar-refractivity contribution in [1.29, 1.82) is 0 Å². The van der Waals surface area contributed by atoms with E-state index >= 15 is 0 Å². The van der Waals surface area contributed by atoms with Crippen molar-refractivity contribution in [3.8, 4) is 0 Å². The number of alkyl halides is 3. The zero-order chi connectivity index (χ0) is 24.7. The molecule has 4 atom stereocenters. The van der Waals surface area contributed by atoms with Crippen LogP contribution in [0.1, 0.15) is 50.8 Å². The van der Waals surface area contributed by atoms with Crippen molar-refractivity contribution < 1.29 is 27.5 Å². The Morgan fingerprint density at radius 2 is 1.65 bits per heavy atom. The van der Waals surface area contributed by atoms with Crippen molar-refractivity contribution in [2.24, 2.45) is 11.8 Å². The summed E-state index contributed by atoms with van der Waals surface area (Å²) in [5, 5.41) is 8.82. The molecule has 2 amide bonds. The Morgan fingerprint density at radius 3 is 2.26 bits per heavy atom. The van der Waals surface area contributed by atoms with E-state index in [1.165, 1.54) is 12.1 Å². The first-order valence-corrected chi connectivity index (χ1v) is 11.2. The number of hydrogen-bond acceptors (Lipinski definition) is 4. The summed E-state index contributed by atoms with van der Waals surface area (Å²) in [6, 6.07) is 11.2. The first kappa shape index (κ1) is 24.1. The highest BCUT2D eigenvalue weighted by Crippen LogP contribution is 2.48. The molecule has 1 unspecified atom stereocenters. The molecule has 1 saturated carbocycles. The Morgan fingerprint density at radius 1 is 0.971 bits per heavy atom. The Hall–Kier alpha value is -3.07. The van der Waals surface area contributed by atoms with Gasteiger partial charge in [0.25, 0.3) is 0 Å². The van der Waals surface area contributed by atoms with Crippen LogP contribution in [0.5, 0.6) is 0 Å². The highest BCUT2D eigenvalue weighted by molar-refractivity contribution is 5.99. The third-order valence-corrected chi connectivity index (χ3v) is 6.14. The summed E-state index contributed by atoms with van der Waals surface area (Å²) in [6.07, 6.45) is -2.79. The van der Waals surface area contributed by atoms with E-state index in [9.17, 15) is 22.8 Å². The van der Waals surface area contributed by atoms with Crippen molar-refractivity contribution in [2.45, 2.75) is 57.5 Å². The summed E-state index contributed by atoms with van der Waals surface area (Å²) in [5.74, 6) is -0.233. The molecule has 182 valence electrons. The SMILES string of the molecule is CC(C)(C)OC(=O)C1C[C@H]2C[C@H]1[C@@H](c1cccc(NC(=O)Nc3ccc(C(F)(F)F)cc3)c1)N2. The molecule has 3 N–H and O–H groups in total. The van der Waals surface area contributed by atoms with Gasteiger partial charge >= 0.3 is 18.2 Å². The summed E-state index contributed by atoms with van der Waals surface area (Å²) in [7, 11) is 0. The van der Waals surface area contributed by atoms with Gasteiger partial charge in [-0.3, -0.25) is 4.79 Å². The number of piperidine rings is 1. The molecule has 1 aliphatic heterocycles. The molecule has 1 heterocycles. The van der Waals surface area contributed by atoms with Gasteiger partial charge in [0.15, 0.2) is 0 Å². The molecular formula is C25H28F3N3O3. The van der Waals surface area contributed by atoms with Crippen molar-refractivity contribution in [1.82, 2.24) is 5.32 Å². The number of amides is 2. The number of halogens is 3. The summed E-state index contributed by atoms with van der Waals surface area (Å²) >= 11 is 0. The fraction of sp³-hybridized carbons (Fsp3) is 0.440. The molecule has 4 rings (SSSR count). The predicted octanol–water partition coefficient (Wildman–Crippen LogP) is 5.73. The average molecular weight is 476 g/mol. The van der Waals surface area contributed by atoms with Gasteiger partial charge < -0.3 is 20.7 Å². The van der Waals surface area contributed by atoms with E-state index < -0.39 is 23.4 Å². The first-order valence-electron chi connectivity index (χ1n) is 11.2. The normalized spacial score (nSPS) is 24.1. The van der Waals surface area contributed by atoms with Crippen molar-refractivity contribution in [3.63, 3.8) is 0 Å². The number of esters is 1. The number of anilines is 2. The molecule has 6 nitrogen and oxygen atoms in total. The van der Waals surface area contributed by atoms with Crippen molar-refractivity contribution in [3.05, 3.63) is 59.7 Å². The number of benzene rings is 2. The molecule has 2 bridgehead atoms. The molecule has 2 aliphatic rings. The molecule has 2 fully saturated rings. The fourth-order valence-electron chi connectivity index (χ4n) is 4.79. The zero-order valence-corrected chi connectivity index (χ0v) is 19.2. The van der Waals surface area contributed by atoms with Gasteiger partial charge in [-0.25, -0.2) is 4.79 Å². The second-order valence-electron chi connectivity index (χ2n) is 9.90. The van der Waals surface area contributed by atoms with E-state index in [0.29, 0.717) is 5.69 Å². The number of rotatable bonds is 4. The van der Waals surface area contributed by atoms with E-state index in [4.69, 9.17) is 4.74 Å². The zero-order valence-electron chi connectivity index (χ0n) is 19.2. The van der Waals surface area contributed by atoms with Crippen LogP contribution in [0.25, 0.3) is 0 Å². The van der Waals surface area contributed by atoms with Gasteiger partial charge in [-0.1, -0.05) is 12.1 Å². The third kappa shape index (κ3) is 5.52. The molecule has 1 aliphatic carbocycles. The number of ether oxygens (including phenoxy) is 1. The maximum atomic E-state index is 12.7. The highest BCUT2D eigenvalue weighted by atomic mass is 19.4. The molecule has 0 radical (unpaired) electrons. The minimum Gasteiger partial charge on any atom is -0.460 e. The van der Waals surface area contributed by atoms with Crippen LogP contribution in [0.15, 0.2) is 48.5 Å². The molecule has 2 aromatic rings. The lowest BCUT2D eigenvalue weighted by Gasteiger charge is -2.31. The van der Waals surface area contributed by atoms with Crippen molar-refractivity contribution >= 4 is 23.4 Å². The van der Waals surface area contributed by atoms with Crippen molar-refractivity contribution in [2.75, 3.05) is 10.6 Å². The fourth-order valence-corrected chi connectivity index (χ4v) is 4.79. The maximum Gasteiger partial charge on any atom is 0.416 e. The maximum absolute atomic E-state index is 12.7. The lowest BCUT2D eigenvalue weighted by molar-refractivity contribution is -0.162. The van der Waals surface area contributed by atoms with Gasteiger partial charge in [-0.05, 0) is 81.5 Å². The minimum absolute atomic E-state index is 0.0315. The quantitative estimate of drug-likeness (QED) is 0.494. The Labute approximate surface area is 196 Å². The van der Waals surface area contributed by atoms with E-state index in [0.717, 1.165) is 30.5 Å². The predicted molar refractivity (Wildman–Crippen MR) is 122 cm³/mol. The number of hydrogen-bond donors (Lipinski definition) is 3. The van der Waals surface area contributed by atoms with Crippen LogP contribution in [0, 0.1) is 11.8 Å². The van der Waals surface area contributed by atoms with E-state index in [-0.39, 0.29) is 35.6 Å². The smallest absolute Gasteiger partial charge is 0.416 e. The molecule has 0 spiro atoms. The Bertz CT molecular complexity index is 1060. The van der Waals surface area contributed by atoms with E-state index in [2.05, 4.69) is 16.0 Å². The lowest BCUT2D eigenvalue weighted by Crippen LogP contribution is -2.39. The molecule has 34 heavy (non-hydrogen) atoms. The number of carbonyl (C=O) groups is 2. The summed E-state index contributed by atoms with van der Waals surface area (Å²) in [4.78, 5) is 25.1. The number of urea groups is 1. The summed E-state index contributed by atoms with van der Waals surface area (Å²) in [5.41, 5.74) is 0.422. The molecule has 2 aromatic carbocycles. The van der Waals surface area contributed by atoms with Gasteiger partial charge in [0.05, 0.1) is 11.5 Å². The molecule has 1 saturated heterocycles. The first-order chi connectivity index (χ1) is 15.9. The molecular weight excluding hydrogens is 447 g/mol. The topological polar surface area (TPSA) is 79.5 Å². The van der Waals surface area contributed by atoms with Crippen LogP contribution in [-0.4, -0.2) is 23.6 Å². The second kappa shape index (κ2) is 8.94. The summed E-state index contributed by atoms with van der Waals surface area (Å²) < 4.78 is 43.7. The van der Waals surface area contributed by atoms with Crippen LogP contribution in [0.2, 0.25) is 0 Å². The van der Waals surface area contributed by atoms with Gasteiger partial charge in [0, 0.05) is 23.5 Å². The van der Waals surface area contributed by atoms with Crippen LogP contribution in [0.3, 0.4) is 0 Å². The van der Waals surface area contributed by atoms with Crippen LogP contribution in [-0.2, 0) is 15.7 Å². The Kier molecular flexibility index (Phi) is 6.33. The largest absolute Gasteiger partial charge is 0.460 e. The number of carbonyl (C=O) groups excluding carboxylic acids is 2. The van der Waals surface area contributed by atoms with E-state index in [1.54, 1.807) is 6.07 Å². The summed E-state index contributed by atoms with van der Waals surface area (Å²) in [6.45, 7) is 5.58. The van der Waals surface area contributed by atoms with Crippen LogP contribution in [0.4, 0.5) is 29.3 Å². The molecule has 9 heteroatoms. The minimum atomic E-state index is -4.43. The monoisotopic (exact) mass is 475 g/mol. The Balaban J connectivity index is 1.40. The lowest BCUT2D eigenvalue weighted by atomic mass is 9.85. The van der Waals surface area contributed by atoms with Gasteiger partial charge in [0.2, 0.25) is 0 Å². The number of fused-ring (bicyclic) bond motifs is 2. The third-order valence-electron chi connectivity index (χ3n) is 6.14. The van der Waals surface area contributed by atoms with Gasteiger partial charge in [-0.2, -0.15) is 13.2 Å². The number of nitrogens with one attached hydrogen (secondary N) is 3. The van der Waals surface area contributed by atoms with Crippen LogP contribution < -0.4 is 16.0 Å². The van der Waals surface area contributed by atoms with E-state index in [1.807, 2.05) is 39.0 Å².